The molecule has 0 aromatic carbocycles. The first-order chi connectivity index (χ1) is 18.1. The van der Waals surface area contributed by atoms with Crippen LogP contribution in [0.3, 0.4) is 0 Å². The Bertz CT molecular complexity index is 1250. The number of methoxy groups -OCH3 is 3. The Labute approximate surface area is 215 Å². The molecule has 13 nitrogen and oxygen atoms in total. The van der Waals surface area contributed by atoms with Crippen LogP contribution in [0.4, 0.5) is 17.7 Å². The van der Waals surface area contributed by atoms with Crippen LogP contribution in [0.15, 0.2) is 11.1 Å². The predicted octanol–water partition coefficient (Wildman–Crippen LogP) is 0.713. The van der Waals surface area contributed by atoms with E-state index in [9.17, 15) is 4.79 Å². The second-order valence-corrected chi connectivity index (χ2v) is 9.33. The van der Waals surface area contributed by atoms with Crippen molar-refractivity contribution in [1.29, 1.82) is 0 Å². The van der Waals surface area contributed by atoms with Crippen LogP contribution in [0.5, 0.6) is 0 Å². The van der Waals surface area contributed by atoms with Gasteiger partial charge in [-0.05, 0) is 12.8 Å². The molecule has 3 aromatic heterocycles. The molecule has 1 fully saturated rings. The maximum absolute atomic E-state index is 13.4. The number of H-pyrrole nitrogens is 2. The van der Waals surface area contributed by atoms with Gasteiger partial charge in [0, 0.05) is 60.5 Å². The minimum atomic E-state index is -0.296. The fraction of sp³-hybridized carbons (Fsp3) is 0.625. The predicted molar refractivity (Wildman–Crippen MR) is 140 cm³/mol. The van der Waals surface area contributed by atoms with E-state index in [0.29, 0.717) is 56.1 Å². The smallest absolute Gasteiger partial charge is 0.279 e. The summed E-state index contributed by atoms with van der Waals surface area (Å²) in [6, 6.07) is 0. The van der Waals surface area contributed by atoms with Crippen molar-refractivity contribution in [2.45, 2.75) is 31.9 Å². The Kier molecular flexibility index (Phi) is 7.82. The standard InChI is InChI=1S/C24H35N9O4/c1-35-12-10-32(11-13-36-2)24-27-19-20(22(34)30-24)28-23(33-9-6-17-18(14-33)26-15-25-17)29-21(19)31-7-4-16(37-3)5-8-31/h15-16H,4-14H2,1-3H3,(H,25,26)(H,27,30,34). The van der Waals surface area contributed by atoms with Crippen LogP contribution in [0.2, 0.25) is 0 Å². The zero-order valence-corrected chi connectivity index (χ0v) is 21.7. The highest BCUT2D eigenvalue weighted by Crippen LogP contribution is 2.29. The zero-order valence-electron chi connectivity index (χ0n) is 21.7. The van der Waals surface area contributed by atoms with E-state index in [2.05, 4.69) is 24.8 Å². The molecule has 5 heterocycles. The number of ether oxygens (including phenoxy) is 3. The van der Waals surface area contributed by atoms with Gasteiger partial charge in [0.25, 0.3) is 5.56 Å². The third-order valence-corrected chi connectivity index (χ3v) is 7.07. The van der Waals surface area contributed by atoms with Crippen LogP contribution in [0, 0.1) is 0 Å². The SMILES string of the molecule is COCCN(CCOC)c1nc2c(N3CCC(OC)CC3)nc(N3CCc4nc[nH]c4C3)nc2c(=O)[nH]1. The quantitative estimate of drug-likeness (QED) is 0.396. The van der Waals surface area contributed by atoms with Crippen LogP contribution < -0.4 is 20.3 Å². The second kappa shape index (κ2) is 11.4. The zero-order chi connectivity index (χ0) is 25.8. The van der Waals surface area contributed by atoms with Gasteiger partial charge in [-0.25, -0.2) is 15.0 Å². The summed E-state index contributed by atoms with van der Waals surface area (Å²) >= 11 is 0. The van der Waals surface area contributed by atoms with E-state index in [1.54, 1.807) is 27.7 Å². The van der Waals surface area contributed by atoms with Crippen LogP contribution in [0.25, 0.3) is 11.0 Å². The lowest BCUT2D eigenvalue weighted by molar-refractivity contribution is 0.0818. The van der Waals surface area contributed by atoms with Crippen LogP contribution in [-0.4, -0.2) is 103 Å². The third kappa shape index (κ3) is 5.38. The lowest BCUT2D eigenvalue weighted by atomic mass is 10.1. The van der Waals surface area contributed by atoms with Gasteiger partial charge in [-0.15, -0.1) is 0 Å². The Hall–Kier alpha value is -3.29. The number of hydrogen-bond donors (Lipinski definition) is 2. The van der Waals surface area contributed by atoms with Crippen molar-refractivity contribution >= 4 is 28.7 Å². The molecule has 0 bridgehead atoms. The Balaban J connectivity index is 1.57. The number of nitrogens with one attached hydrogen (secondary N) is 2. The van der Waals surface area contributed by atoms with Gasteiger partial charge in [0.05, 0.1) is 43.6 Å². The molecule has 3 aromatic rings. The van der Waals surface area contributed by atoms with Gasteiger partial charge < -0.3 is 33.9 Å². The summed E-state index contributed by atoms with van der Waals surface area (Å²) in [4.78, 5) is 44.8. The maximum atomic E-state index is 13.4. The molecule has 2 aliphatic heterocycles. The van der Waals surface area contributed by atoms with Crippen molar-refractivity contribution < 1.29 is 14.2 Å². The maximum Gasteiger partial charge on any atom is 0.279 e. The summed E-state index contributed by atoms with van der Waals surface area (Å²) in [6.07, 6.45) is 4.48. The summed E-state index contributed by atoms with van der Waals surface area (Å²) in [5.41, 5.74) is 2.60. The number of anilines is 3. The van der Waals surface area contributed by atoms with E-state index in [-0.39, 0.29) is 17.2 Å². The van der Waals surface area contributed by atoms with Crippen molar-refractivity contribution in [3.63, 3.8) is 0 Å². The number of imidazole rings is 1. The summed E-state index contributed by atoms with van der Waals surface area (Å²) in [6.45, 7) is 4.94. The number of fused-ring (bicyclic) bond motifs is 2. The number of rotatable bonds is 10. The highest BCUT2D eigenvalue weighted by Gasteiger charge is 2.27. The molecule has 13 heteroatoms. The molecule has 0 unspecified atom stereocenters. The van der Waals surface area contributed by atoms with Crippen LogP contribution in [-0.2, 0) is 27.2 Å². The molecule has 0 radical (unpaired) electrons. The highest BCUT2D eigenvalue weighted by atomic mass is 16.5. The molecule has 0 aliphatic carbocycles. The normalized spacial score (nSPS) is 16.4. The minimum absolute atomic E-state index is 0.218. The van der Waals surface area contributed by atoms with E-state index in [1.165, 1.54) is 0 Å². The first kappa shape index (κ1) is 25.4. The summed E-state index contributed by atoms with van der Waals surface area (Å²) in [5.74, 6) is 1.65. The van der Waals surface area contributed by atoms with E-state index in [4.69, 9.17) is 29.2 Å². The Morgan fingerprint density at radius 3 is 2.46 bits per heavy atom. The number of piperidine rings is 1. The van der Waals surface area contributed by atoms with E-state index in [1.807, 2.05) is 4.90 Å². The van der Waals surface area contributed by atoms with Crippen molar-refractivity contribution in [3.05, 3.63) is 28.1 Å². The molecule has 37 heavy (non-hydrogen) atoms. The summed E-state index contributed by atoms with van der Waals surface area (Å²) < 4.78 is 16.1. The molecule has 2 aliphatic rings. The fourth-order valence-corrected chi connectivity index (χ4v) is 4.91. The molecular weight excluding hydrogens is 478 g/mol. The molecule has 2 N–H and O–H groups in total. The minimum Gasteiger partial charge on any atom is -0.383 e. The van der Waals surface area contributed by atoms with E-state index >= 15 is 0 Å². The summed E-state index contributed by atoms with van der Waals surface area (Å²) in [5, 5.41) is 0. The van der Waals surface area contributed by atoms with E-state index in [0.717, 1.165) is 50.3 Å². The van der Waals surface area contributed by atoms with Gasteiger partial charge >= 0.3 is 0 Å². The van der Waals surface area contributed by atoms with Gasteiger partial charge in [0.2, 0.25) is 11.9 Å². The molecule has 0 amide bonds. The van der Waals surface area contributed by atoms with Gasteiger partial charge in [0.15, 0.2) is 11.3 Å². The number of aromatic amines is 2. The first-order valence-electron chi connectivity index (χ1n) is 12.7. The highest BCUT2D eigenvalue weighted by molar-refractivity contribution is 5.87. The van der Waals surface area contributed by atoms with Crippen LogP contribution >= 0.6 is 0 Å². The van der Waals surface area contributed by atoms with Crippen molar-refractivity contribution in [2.24, 2.45) is 0 Å². The number of hydrogen-bond acceptors (Lipinski definition) is 11. The largest absolute Gasteiger partial charge is 0.383 e. The van der Waals surface area contributed by atoms with Gasteiger partial charge in [-0.2, -0.15) is 4.98 Å². The van der Waals surface area contributed by atoms with Crippen LogP contribution in [0.1, 0.15) is 24.2 Å². The number of nitrogens with zero attached hydrogens (tertiary/aromatic N) is 7. The first-order valence-corrected chi connectivity index (χ1v) is 12.7. The molecule has 0 atom stereocenters. The Morgan fingerprint density at radius 1 is 1.00 bits per heavy atom. The molecule has 1 saturated heterocycles. The number of aromatic nitrogens is 6. The van der Waals surface area contributed by atoms with Crippen molar-refractivity contribution in [3.8, 4) is 0 Å². The van der Waals surface area contributed by atoms with E-state index < -0.39 is 0 Å². The second-order valence-electron chi connectivity index (χ2n) is 9.33. The Morgan fingerprint density at radius 2 is 1.76 bits per heavy atom. The fourth-order valence-electron chi connectivity index (χ4n) is 4.91. The molecular formula is C24H35N9O4. The van der Waals surface area contributed by atoms with Gasteiger partial charge in [0.1, 0.15) is 5.52 Å². The summed E-state index contributed by atoms with van der Waals surface area (Å²) in [7, 11) is 5.05. The molecule has 0 saturated carbocycles. The lowest BCUT2D eigenvalue weighted by Gasteiger charge is -2.33. The average molecular weight is 514 g/mol. The van der Waals surface area contributed by atoms with Gasteiger partial charge in [-0.3, -0.25) is 9.78 Å². The lowest BCUT2D eigenvalue weighted by Crippen LogP contribution is -2.39. The topological polar surface area (TPSA) is 138 Å². The monoisotopic (exact) mass is 513 g/mol. The average Bonchev–Trinajstić information content (AvgIpc) is 3.41. The van der Waals surface area contributed by atoms with Gasteiger partial charge in [-0.1, -0.05) is 0 Å². The van der Waals surface area contributed by atoms with Crippen molar-refractivity contribution in [2.75, 3.05) is 82.0 Å². The molecule has 5 rings (SSSR count). The third-order valence-electron chi connectivity index (χ3n) is 7.07. The molecule has 0 spiro atoms. The molecule has 200 valence electrons. The van der Waals surface area contributed by atoms with Crippen molar-refractivity contribution in [1.82, 2.24) is 29.9 Å².